The highest BCUT2D eigenvalue weighted by Crippen LogP contribution is 2.10. The van der Waals surface area contributed by atoms with E-state index < -0.39 is 0 Å². The van der Waals surface area contributed by atoms with Crippen LogP contribution in [0, 0.1) is 5.82 Å². The van der Waals surface area contributed by atoms with Crippen LogP contribution < -0.4 is 5.32 Å². The van der Waals surface area contributed by atoms with Gasteiger partial charge in [-0.05, 0) is 50.7 Å². The maximum absolute atomic E-state index is 12.8. The first-order valence-electron chi connectivity index (χ1n) is 6.82. The third-order valence-electron chi connectivity index (χ3n) is 3.67. The topological polar surface area (TPSA) is 32.3 Å². The normalized spacial score (nSPS) is 16.8. The van der Waals surface area contributed by atoms with E-state index in [-0.39, 0.29) is 11.6 Å². The number of hydrogen-bond donors (Lipinski definition) is 1. The molecule has 0 aromatic heterocycles. The van der Waals surface area contributed by atoms with Crippen molar-refractivity contribution in [2.45, 2.75) is 25.3 Å². The van der Waals surface area contributed by atoms with Crippen LogP contribution in [0.4, 0.5) is 4.39 Å². The van der Waals surface area contributed by atoms with Gasteiger partial charge >= 0.3 is 0 Å². The highest BCUT2D eigenvalue weighted by molar-refractivity contribution is 5.82. The first-order valence-corrected chi connectivity index (χ1v) is 6.82. The molecule has 0 amide bonds. The number of likely N-dealkylation sites (N-methyl/N-ethyl adjacent to an activating group) is 1. The number of rotatable bonds is 5. The number of nitrogens with zero attached hydrogens (tertiary/aromatic N) is 1. The fraction of sp³-hybridized carbons (Fsp3) is 0.533. The molecule has 1 fully saturated rings. The third-order valence-corrected chi connectivity index (χ3v) is 3.67. The lowest BCUT2D eigenvalue weighted by Crippen LogP contribution is -2.43. The molecule has 4 heteroatoms. The standard InChI is InChI=1S/C15H21FN2O/c1-18(14-6-8-17-9-7-14)11-15(19)10-12-2-4-13(16)5-3-12/h2-5,14,17H,6-11H2,1H3. The van der Waals surface area contributed by atoms with Gasteiger partial charge in [-0.25, -0.2) is 4.39 Å². The lowest BCUT2D eigenvalue weighted by Gasteiger charge is -2.31. The Morgan fingerprint density at radius 2 is 1.95 bits per heavy atom. The molecule has 0 bridgehead atoms. The zero-order valence-electron chi connectivity index (χ0n) is 11.4. The highest BCUT2D eigenvalue weighted by Gasteiger charge is 2.19. The van der Waals surface area contributed by atoms with Crippen molar-refractivity contribution >= 4 is 5.78 Å². The molecule has 1 aliphatic heterocycles. The molecule has 0 atom stereocenters. The molecule has 2 rings (SSSR count). The molecule has 1 aromatic carbocycles. The van der Waals surface area contributed by atoms with Gasteiger partial charge in [0.1, 0.15) is 5.82 Å². The van der Waals surface area contributed by atoms with Crippen LogP contribution in [0.1, 0.15) is 18.4 Å². The SMILES string of the molecule is CN(CC(=O)Cc1ccc(F)cc1)C1CCNCC1. The van der Waals surface area contributed by atoms with Crippen LogP contribution in [0.15, 0.2) is 24.3 Å². The number of piperidine rings is 1. The van der Waals surface area contributed by atoms with E-state index in [4.69, 9.17) is 0 Å². The minimum absolute atomic E-state index is 0.188. The smallest absolute Gasteiger partial charge is 0.151 e. The van der Waals surface area contributed by atoms with Crippen molar-refractivity contribution in [1.29, 1.82) is 0 Å². The van der Waals surface area contributed by atoms with Gasteiger partial charge in [0.25, 0.3) is 0 Å². The van der Waals surface area contributed by atoms with Gasteiger partial charge in [0.05, 0.1) is 6.54 Å². The number of nitrogens with one attached hydrogen (secondary N) is 1. The van der Waals surface area contributed by atoms with E-state index in [1.807, 2.05) is 7.05 Å². The number of ketones is 1. The average Bonchev–Trinajstić information content (AvgIpc) is 2.42. The zero-order valence-corrected chi connectivity index (χ0v) is 11.4. The quantitative estimate of drug-likeness (QED) is 0.877. The van der Waals surface area contributed by atoms with Crippen molar-refractivity contribution in [3.63, 3.8) is 0 Å². The first-order chi connectivity index (χ1) is 9.15. The van der Waals surface area contributed by atoms with Crippen LogP contribution in [0.25, 0.3) is 0 Å². The molecule has 0 spiro atoms. The number of hydrogen-bond acceptors (Lipinski definition) is 3. The summed E-state index contributed by atoms with van der Waals surface area (Å²) in [4.78, 5) is 14.1. The Balaban J connectivity index is 1.81. The Bertz CT molecular complexity index is 413. The molecule has 0 unspecified atom stereocenters. The monoisotopic (exact) mass is 264 g/mol. The van der Waals surface area contributed by atoms with Gasteiger partial charge in [0.2, 0.25) is 0 Å². The van der Waals surface area contributed by atoms with Gasteiger partial charge < -0.3 is 5.32 Å². The van der Waals surface area contributed by atoms with Gasteiger partial charge in [0, 0.05) is 12.5 Å². The molecule has 19 heavy (non-hydrogen) atoms. The lowest BCUT2D eigenvalue weighted by atomic mass is 10.0. The lowest BCUT2D eigenvalue weighted by molar-refractivity contribution is -0.119. The molecule has 1 N–H and O–H groups in total. The van der Waals surface area contributed by atoms with Crippen molar-refractivity contribution < 1.29 is 9.18 Å². The Labute approximate surface area is 113 Å². The second-order valence-corrected chi connectivity index (χ2v) is 5.24. The predicted molar refractivity (Wildman–Crippen MR) is 73.6 cm³/mol. The summed E-state index contributed by atoms with van der Waals surface area (Å²) < 4.78 is 12.8. The van der Waals surface area contributed by atoms with Gasteiger partial charge in [0.15, 0.2) is 5.78 Å². The molecule has 0 aliphatic carbocycles. The molecular formula is C15H21FN2O. The molecule has 0 saturated carbocycles. The number of halogens is 1. The van der Waals surface area contributed by atoms with E-state index in [2.05, 4.69) is 10.2 Å². The van der Waals surface area contributed by atoms with Gasteiger partial charge in [-0.1, -0.05) is 12.1 Å². The predicted octanol–water partition coefficient (Wildman–Crippen LogP) is 1.62. The van der Waals surface area contributed by atoms with Gasteiger partial charge in [-0.2, -0.15) is 0 Å². The third kappa shape index (κ3) is 4.40. The molecule has 1 aliphatic rings. The first kappa shape index (κ1) is 14.2. The molecule has 0 radical (unpaired) electrons. The largest absolute Gasteiger partial charge is 0.317 e. The summed E-state index contributed by atoms with van der Waals surface area (Å²) in [6.07, 6.45) is 2.58. The van der Waals surface area contributed by atoms with Crippen molar-refractivity contribution in [3.05, 3.63) is 35.6 Å². The molecule has 1 aromatic rings. The van der Waals surface area contributed by atoms with Crippen LogP contribution in [-0.4, -0.2) is 43.4 Å². The van der Waals surface area contributed by atoms with Crippen LogP contribution in [-0.2, 0) is 11.2 Å². The number of carbonyl (C=O) groups is 1. The summed E-state index contributed by atoms with van der Waals surface area (Å²) in [5.74, 6) is -0.0735. The summed E-state index contributed by atoms with van der Waals surface area (Å²) in [5.41, 5.74) is 0.880. The highest BCUT2D eigenvalue weighted by atomic mass is 19.1. The Hall–Kier alpha value is -1.26. The number of benzene rings is 1. The minimum atomic E-state index is -0.261. The van der Waals surface area contributed by atoms with Crippen LogP contribution in [0.2, 0.25) is 0 Å². The van der Waals surface area contributed by atoms with Crippen molar-refractivity contribution in [2.75, 3.05) is 26.7 Å². The summed E-state index contributed by atoms with van der Waals surface area (Å²) >= 11 is 0. The summed E-state index contributed by atoms with van der Waals surface area (Å²) in [5, 5.41) is 3.32. The second-order valence-electron chi connectivity index (χ2n) is 5.24. The zero-order chi connectivity index (χ0) is 13.7. The summed E-state index contributed by atoms with van der Waals surface area (Å²) in [6.45, 7) is 2.53. The van der Waals surface area contributed by atoms with E-state index in [1.54, 1.807) is 12.1 Å². The van der Waals surface area contributed by atoms with Gasteiger partial charge in [-0.3, -0.25) is 9.69 Å². The summed E-state index contributed by atoms with van der Waals surface area (Å²) in [7, 11) is 2.01. The average molecular weight is 264 g/mol. The molecule has 1 saturated heterocycles. The fourth-order valence-electron chi connectivity index (χ4n) is 2.54. The molecular weight excluding hydrogens is 243 g/mol. The van der Waals surface area contributed by atoms with Crippen molar-refractivity contribution in [1.82, 2.24) is 10.2 Å². The van der Waals surface area contributed by atoms with Crippen LogP contribution >= 0.6 is 0 Å². The van der Waals surface area contributed by atoms with E-state index in [0.717, 1.165) is 31.5 Å². The maximum Gasteiger partial charge on any atom is 0.151 e. The fourth-order valence-corrected chi connectivity index (χ4v) is 2.54. The van der Waals surface area contributed by atoms with Crippen LogP contribution in [0.3, 0.4) is 0 Å². The van der Waals surface area contributed by atoms with E-state index in [1.165, 1.54) is 12.1 Å². The maximum atomic E-state index is 12.8. The Kier molecular flexibility index (Phi) is 5.05. The summed E-state index contributed by atoms with van der Waals surface area (Å²) in [6, 6.07) is 6.66. The van der Waals surface area contributed by atoms with Gasteiger partial charge in [-0.15, -0.1) is 0 Å². The van der Waals surface area contributed by atoms with E-state index in [9.17, 15) is 9.18 Å². The Morgan fingerprint density at radius 1 is 1.32 bits per heavy atom. The van der Waals surface area contributed by atoms with Crippen LogP contribution in [0.5, 0.6) is 0 Å². The molecule has 3 nitrogen and oxygen atoms in total. The van der Waals surface area contributed by atoms with Crippen molar-refractivity contribution in [2.24, 2.45) is 0 Å². The number of carbonyl (C=O) groups excluding carboxylic acids is 1. The molecule has 104 valence electrons. The minimum Gasteiger partial charge on any atom is -0.317 e. The number of Topliss-reactive ketones (excluding diaryl/α,β-unsaturated/α-hetero) is 1. The van der Waals surface area contributed by atoms with Crippen molar-refractivity contribution in [3.8, 4) is 0 Å². The molecule has 1 heterocycles. The Morgan fingerprint density at radius 3 is 2.58 bits per heavy atom. The second kappa shape index (κ2) is 6.78. The van der Waals surface area contributed by atoms with E-state index >= 15 is 0 Å². The van der Waals surface area contributed by atoms with E-state index in [0.29, 0.717) is 19.0 Å².